The normalized spacial score (nSPS) is 13.8. The van der Waals surface area contributed by atoms with Gasteiger partial charge in [-0.05, 0) is 61.7 Å². The zero-order valence-electron chi connectivity index (χ0n) is 19.8. The summed E-state index contributed by atoms with van der Waals surface area (Å²) >= 11 is 6.26. The molecule has 1 heterocycles. The number of hydrogen-bond acceptors (Lipinski definition) is 6. The lowest BCUT2D eigenvalue weighted by Crippen LogP contribution is -2.40. The second-order valence-electron chi connectivity index (χ2n) is 7.98. The van der Waals surface area contributed by atoms with Crippen LogP contribution in [-0.2, 0) is 27.3 Å². The van der Waals surface area contributed by atoms with Gasteiger partial charge >= 0.3 is 11.9 Å². The molecule has 3 rings (SSSR count). The number of likely N-dealkylation sites (tertiary alicyclic amines) is 1. The number of rotatable bonds is 8. The van der Waals surface area contributed by atoms with Crippen molar-refractivity contribution >= 4 is 29.4 Å². The molecule has 190 valence electrons. The predicted octanol–water partition coefficient (Wildman–Crippen LogP) is 3.08. The number of amides is 1. The van der Waals surface area contributed by atoms with Crippen LogP contribution in [0.4, 0.5) is 0 Å². The first-order valence-corrected chi connectivity index (χ1v) is 11.5. The van der Waals surface area contributed by atoms with E-state index in [2.05, 4.69) is 16.3 Å². The summed E-state index contributed by atoms with van der Waals surface area (Å²) in [4.78, 5) is 33.1. The molecule has 0 atom stereocenters. The Morgan fingerprint density at radius 1 is 1.00 bits per heavy atom. The molecule has 9 nitrogen and oxygen atoms in total. The van der Waals surface area contributed by atoms with Gasteiger partial charge in [0.2, 0.25) is 5.91 Å². The Bertz CT molecular complexity index is 995. The maximum Gasteiger partial charge on any atom is 0.414 e. The van der Waals surface area contributed by atoms with E-state index >= 15 is 0 Å². The smallest absolute Gasteiger partial charge is 0.414 e. The zero-order valence-corrected chi connectivity index (χ0v) is 20.6. The minimum atomic E-state index is -1.82. The van der Waals surface area contributed by atoms with Gasteiger partial charge in [-0.1, -0.05) is 35.9 Å². The predicted molar refractivity (Wildman–Crippen MR) is 131 cm³/mol. The number of methoxy groups -OCH3 is 2. The number of carboxylic acid groups (broad SMARTS) is 2. The average Bonchev–Trinajstić information content (AvgIpc) is 2.86. The maximum absolute atomic E-state index is 12.5. The van der Waals surface area contributed by atoms with Crippen LogP contribution in [0.2, 0.25) is 5.02 Å². The molecule has 1 saturated heterocycles. The van der Waals surface area contributed by atoms with Crippen LogP contribution in [0.25, 0.3) is 0 Å². The first-order valence-electron chi connectivity index (χ1n) is 11.2. The number of carbonyl (C=O) groups excluding carboxylic acids is 1. The molecule has 3 N–H and O–H groups in total. The molecule has 0 aliphatic carbocycles. The van der Waals surface area contributed by atoms with Gasteiger partial charge in [-0.25, -0.2) is 9.59 Å². The van der Waals surface area contributed by atoms with Gasteiger partial charge in [0.05, 0.1) is 14.2 Å². The highest BCUT2D eigenvalue weighted by Crippen LogP contribution is 2.27. The molecule has 0 unspecified atom stereocenters. The summed E-state index contributed by atoms with van der Waals surface area (Å²) in [6.07, 6.45) is 2.52. The van der Waals surface area contributed by atoms with Crippen LogP contribution in [0.5, 0.6) is 11.5 Å². The minimum Gasteiger partial charge on any atom is -0.493 e. The van der Waals surface area contributed by atoms with Crippen LogP contribution in [0.1, 0.15) is 24.0 Å². The average molecular weight is 507 g/mol. The molecule has 0 aromatic heterocycles. The fourth-order valence-electron chi connectivity index (χ4n) is 3.73. The van der Waals surface area contributed by atoms with Crippen LogP contribution in [0.15, 0.2) is 42.5 Å². The molecule has 10 heteroatoms. The van der Waals surface area contributed by atoms with Gasteiger partial charge in [0.15, 0.2) is 11.5 Å². The number of nitrogens with zero attached hydrogens (tertiary/aromatic N) is 1. The van der Waals surface area contributed by atoms with E-state index in [0.29, 0.717) is 18.0 Å². The molecule has 0 saturated carbocycles. The van der Waals surface area contributed by atoms with Gasteiger partial charge < -0.3 is 25.0 Å². The van der Waals surface area contributed by atoms with Crippen molar-refractivity contribution in [3.05, 3.63) is 58.6 Å². The molecular weight excluding hydrogens is 476 g/mol. The van der Waals surface area contributed by atoms with Crippen LogP contribution in [0.3, 0.4) is 0 Å². The van der Waals surface area contributed by atoms with E-state index in [1.165, 1.54) is 0 Å². The van der Waals surface area contributed by atoms with E-state index < -0.39 is 11.9 Å². The fraction of sp³-hybridized carbons (Fsp3) is 0.400. The van der Waals surface area contributed by atoms with E-state index in [9.17, 15) is 4.79 Å². The van der Waals surface area contributed by atoms with E-state index in [4.69, 9.17) is 40.9 Å². The number of aliphatic carboxylic acids is 2. The first-order chi connectivity index (χ1) is 16.7. The monoisotopic (exact) mass is 506 g/mol. The highest BCUT2D eigenvalue weighted by Gasteiger charge is 2.25. The molecule has 1 amide bonds. The van der Waals surface area contributed by atoms with Crippen LogP contribution in [-0.4, -0.2) is 66.8 Å². The van der Waals surface area contributed by atoms with E-state index in [1.807, 2.05) is 36.4 Å². The van der Waals surface area contributed by atoms with E-state index in [0.717, 1.165) is 55.0 Å². The van der Waals surface area contributed by atoms with Gasteiger partial charge in [0, 0.05) is 24.0 Å². The largest absolute Gasteiger partial charge is 0.493 e. The van der Waals surface area contributed by atoms with E-state index in [1.54, 1.807) is 14.2 Å². The van der Waals surface area contributed by atoms with Gasteiger partial charge in [-0.3, -0.25) is 9.69 Å². The third-order valence-corrected chi connectivity index (χ3v) is 6.02. The third-order valence-electron chi connectivity index (χ3n) is 5.65. The fourth-order valence-corrected chi connectivity index (χ4v) is 3.93. The molecule has 1 fully saturated rings. The highest BCUT2D eigenvalue weighted by atomic mass is 35.5. The molecule has 1 aliphatic rings. The summed E-state index contributed by atoms with van der Waals surface area (Å²) in [6, 6.07) is 13.8. The molecule has 35 heavy (non-hydrogen) atoms. The Morgan fingerprint density at radius 3 is 2.20 bits per heavy atom. The standard InChI is InChI=1S/C23H29ClN2O3.C2H2O4/c1-28-21-8-7-17(15-22(21)29-2)9-12-25-23(27)18-10-13-26(14-11-18)16-19-5-3-4-6-20(19)24;3-1(4)2(5)6/h3-8,15,18H,9-14,16H2,1-2H3,(H,25,27);(H,3,4)(H,5,6). The quantitative estimate of drug-likeness (QED) is 0.466. The summed E-state index contributed by atoms with van der Waals surface area (Å²) in [5, 5.41) is 18.7. The lowest BCUT2D eigenvalue weighted by Gasteiger charge is -2.31. The van der Waals surface area contributed by atoms with Crippen molar-refractivity contribution in [3.8, 4) is 11.5 Å². The first kappa shape index (κ1) is 27.9. The molecule has 0 radical (unpaired) electrons. The van der Waals surface area contributed by atoms with Crippen LogP contribution >= 0.6 is 11.6 Å². The lowest BCUT2D eigenvalue weighted by atomic mass is 9.95. The molecule has 0 bridgehead atoms. The van der Waals surface area contributed by atoms with Crippen molar-refractivity contribution in [2.24, 2.45) is 5.92 Å². The maximum atomic E-state index is 12.5. The van der Waals surface area contributed by atoms with Crippen molar-refractivity contribution in [2.75, 3.05) is 33.9 Å². The minimum absolute atomic E-state index is 0.0860. The Hall–Kier alpha value is -3.30. The number of hydrogen-bond donors (Lipinski definition) is 3. The van der Waals surface area contributed by atoms with Crippen molar-refractivity contribution < 1.29 is 34.1 Å². The number of ether oxygens (including phenoxy) is 2. The van der Waals surface area contributed by atoms with Gasteiger partial charge in [-0.15, -0.1) is 0 Å². The summed E-state index contributed by atoms with van der Waals surface area (Å²) in [6.45, 7) is 3.29. The SMILES string of the molecule is COc1ccc(CCNC(=O)C2CCN(Cc3ccccc3Cl)CC2)cc1OC.O=C(O)C(=O)O. The summed E-state index contributed by atoms with van der Waals surface area (Å²) in [5.74, 6) is -1.98. The van der Waals surface area contributed by atoms with Gasteiger partial charge in [0.1, 0.15) is 0 Å². The van der Waals surface area contributed by atoms with Gasteiger partial charge in [-0.2, -0.15) is 0 Å². The summed E-state index contributed by atoms with van der Waals surface area (Å²) < 4.78 is 10.6. The van der Waals surface area contributed by atoms with E-state index in [-0.39, 0.29) is 11.8 Å². The van der Waals surface area contributed by atoms with Crippen LogP contribution in [0, 0.1) is 5.92 Å². The van der Waals surface area contributed by atoms with Crippen molar-refractivity contribution in [2.45, 2.75) is 25.8 Å². The number of carboxylic acids is 2. The number of benzene rings is 2. The number of carbonyl (C=O) groups is 3. The summed E-state index contributed by atoms with van der Waals surface area (Å²) in [5.41, 5.74) is 2.25. The summed E-state index contributed by atoms with van der Waals surface area (Å²) in [7, 11) is 3.25. The molecule has 2 aromatic carbocycles. The van der Waals surface area contributed by atoms with Crippen molar-refractivity contribution in [1.82, 2.24) is 10.2 Å². The molecule has 1 aliphatic heterocycles. The Balaban J connectivity index is 0.000000641. The Labute approximate surface area is 209 Å². The Kier molecular flexibility index (Phi) is 11.3. The molecule has 0 spiro atoms. The number of nitrogens with one attached hydrogen (secondary N) is 1. The van der Waals surface area contributed by atoms with Gasteiger partial charge in [0.25, 0.3) is 0 Å². The van der Waals surface area contributed by atoms with Crippen LogP contribution < -0.4 is 14.8 Å². The number of halogens is 1. The number of piperidine rings is 1. The van der Waals surface area contributed by atoms with Crippen molar-refractivity contribution in [3.63, 3.8) is 0 Å². The molecular formula is C25H31ClN2O7. The lowest BCUT2D eigenvalue weighted by molar-refractivity contribution is -0.159. The van der Waals surface area contributed by atoms with Crippen molar-refractivity contribution in [1.29, 1.82) is 0 Å². The second kappa shape index (κ2) is 14.2. The third kappa shape index (κ3) is 9.11. The zero-order chi connectivity index (χ0) is 25.8. The second-order valence-corrected chi connectivity index (χ2v) is 8.39. The highest BCUT2D eigenvalue weighted by molar-refractivity contribution is 6.31. The molecule has 2 aromatic rings. The Morgan fingerprint density at radius 2 is 1.63 bits per heavy atom. The topological polar surface area (TPSA) is 125 Å².